The van der Waals surface area contributed by atoms with Gasteiger partial charge in [0, 0.05) is 5.56 Å². The highest BCUT2D eigenvalue weighted by molar-refractivity contribution is 5.93. The summed E-state index contributed by atoms with van der Waals surface area (Å²) in [5.41, 5.74) is 3.17. The molecule has 0 N–H and O–H groups in total. The Morgan fingerprint density at radius 3 is 2.40 bits per heavy atom. The molecule has 2 aromatic rings. The summed E-state index contributed by atoms with van der Waals surface area (Å²) in [7, 11) is 0. The van der Waals surface area contributed by atoms with Crippen LogP contribution in [0.3, 0.4) is 0 Å². The van der Waals surface area contributed by atoms with E-state index in [1.54, 1.807) is 6.07 Å². The third-order valence-electron chi connectivity index (χ3n) is 3.26. The summed E-state index contributed by atoms with van der Waals surface area (Å²) in [6.45, 7) is 2.66. The number of esters is 1. The average Bonchev–Trinajstić information content (AvgIpc) is 2.89. The lowest BCUT2D eigenvalue weighted by molar-refractivity contribution is 0.0535. The number of cyclic esters (lactones) is 1. The van der Waals surface area contributed by atoms with Gasteiger partial charge in [0.15, 0.2) is 0 Å². The van der Waals surface area contributed by atoms with Crippen molar-refractivity contribution in [2.24, 2.45) is 0 Å². The lowest BCUT2D eigenvalue weighted by atomic mass is 10.1. The summed E-state index contributed by atoms with van der Waals surface area (Å²) in [5, 5.41) is 0. The van der Waals surface area contributed by atoms with E-state index in [4.69, 9.17) is 4.74 Å². The van der Waals surface area contributed by atoms with Crippen molar-refractivity contribution in [2.75, 3.05) is 0 Å². The minimum Gasteiger partial charge on any atom is -0.457 e. The van der Waals surface area contributed by atoms with Crippen molar-refractivity contribution in [1.29, 1.82) is 0 Å². The predicted molar refractivity (Wildman–Crippen MR) is 80.6 cm³/mol. The maximum atomic E-state index is 10.8. The number of unbranched alkanes of at least 4 members (excludes halogenated alkanes) is 1. The van der Waals surface area contributed by atoms with Gasteiger partial charge in [0.2, 0.25) is 0 Å². The first-order chi connectivity index (χ1) is 9.81. The largest absolute Gasteiger partial charge is 0.457 e. The summed E-state index contributed by atoms with van der Waals surface area (Å²) >= 11 is 0. The van der Waals surface area contributed by atoms with E-state index in [0.29, 0.717) is 12.2 Å². The van der Waals surface area contributed by atoms with Crippen molar-refractivity contribution in [1.82, 2.24) is 0 Å². The second kappa shape index (κ2) is 7.49. The summed E-state index contributed by atoms with van der Waals surface area (Å²) in [4.78, 5) is 10.8. The molecule has 0 amide bonds. The fraction of sp³-hybridized carbons (Fsp3) is 0.278. The molecule has 0 saturated carbocycles. The van der Waals surface area contributed by atoms with E-state index in [-0.39, 0.29) is 5.97 Å². The predicted octanol–water partition coefficient (Wildman–Crippen LogP) is 4.39. The molecule has 1 heterocycles. The molecule has 2 heteroatoms. The highest BCUT2D eigenvalue weighted by Crippen LogP contribution is 2.18. The third-order valence-corrected chi connectivity index (χ3v) is 3.26. The van der Waals surface area contributed by atoms with Crippen LogP contribution in [-0.2, 0) is 17.8 Å². The van der Waals surface area contributed by atoms with E-state index < -0.39 is 0 Å². The van der Waals surface area contributed by atoms with E-state index in [0.717, 1.165) is 5.56 Å². The molecule has 0 bridgehead atoms. The van der Waals surface area contributed by atoms with Gasteiger partial charge in [0.05, 0.1) is 5.56 Å². The van der Waals surface area contributed by atoms with Crippen molar-refractivity contribution in [3.8, 4) is 0 Å². The molecule has 0 atom stereocenters. The van der Waals surface area contributed by atoms with Crippen LogP contribution in [0, 0.1) is 0 Å². The first kappa shape index (κ1) is 14.3. The maximum absolute atomic E-state index is 10.8. The quantitative estimate of drug-likeness (QED) is 0.772. The van der Waals surface area contributed by atoms with Crippen LogP contribution in [-0.4, -0.2) is 5.97 Å². The van der Waals surface area contributed by atoms with E-state index >= 15 is 0 Å². The average molecular weight is 268 g/mol. The van der Waals surface area contributed by atoms with Gasteiger partial charge in [-0.15, -0.1) is 0 Å². The smallest absolute Gasteiger partial charge is 0.338 e. The number of aryl methyl sites for hydroxylation is 1. The fourth-order valence-corrected chi connectivity index (χ4v) is 2.09. The zero-order valence-corrected chi connectivity index (χ0v) is 11.8. The first-order valence-corrected chi connectivity index (χ1v) is 7.10. The topological polar surface area (TPSA) is 26.3 Å². The van der Waals surface area contributed by atoms with Gasteiger partial charge < -0.3 is 4.74 Å². The number of benzene rings is 2. The Labute approximate surface area is 120 Å². The summed E-state index contributed by atoms with van der Waals surface area (Å²) < 4.78 is 4.78. The molecule has 0 aromatic heterocycles. The molecule has 0 aliphatic carbocycles. The zero-order valence-electron chi connectivity index (χ0n) is 11.8. The molecule has 0 spiro atoms. The van der Waals surface area contributed by atoms with Crippen LogP contribution < -0.4 is 0 Å². The van der Waals surface area contributed by atoms with Crippen molar-refractivity contribution in [3.63, 3.8) is 0 Å². The van der Waals surface area contributed by atoms with Crippen molar-refractivity contribution in [2.45, 2.75) is 32.8 Å². The Hall–Kier alpha value is -2.09. The van der Waals surface area contributed by atoms with Crippen LogP contribution in [0.5, 0.6) is 0 Å². The second-order valence-electron chi connectivity index (χ2n) is 4.82. The lowest BCUT2D eigenvalue weighted by Crippen LogP contribution is -1.91. The highest BCUT2D eigenvalue weighted by atomic mass is 16.5. The normalized spacial score (nSPS) is 12.2. The van der Waals surface area contributed by atoms with Crippen LogP contribution >= 0.6 is 0 Å². The van der Waals surface area contributed by atoms with Gasteiger partial charge >= 0.3 is 5.97 Å². The van der Waals surface area contributed by atoms with Crippen LogP contribution in [0.25, 0.3) is 0 Å². The van der Waals surface area contributed by atoms with Crippen molar-refractivity contribution >= 4 is 5.97 Å². The van der Waals surface area contributed by atoms with Crippen LogP contribution in [0.15, 0.2) is 54.6 Å². The molecule has 0 radical (unpaired) electrons. The number of ether oxygens (including phenoxy) is 1. The van der Waals surface area contributed by atoms with Gasteiger partial charge in [0.1, 0.15) is 6.61 Å². The lowest BCUT2D eigenvalue weighted by Gasteiger charge is -1.96. The van der Waals surface area contributed by atoms with Gasteiger partial charge in [-0.05, 0) is 24.5 Å². The Morgan fingerprint density at radius 2 is 1.70 bits per heavy atom. The Morgan fingerprint density at radius 1 is 1.00 bits per heavy atom. The SMILES string of the molecule is CCCCc1ccccc1.O=C1OCc2ccccc21. The van der Waals surface area contributed by atoms with E-state index in [9.17, 15) is 4.79 Å². The Balaban J connectivity index is 0.000000147. The number of hydrogen-bond donors (Lipinski definition) is 0. The van der Waals surface area contributed by atoms with Crippen LogP contribution in [0.2, 0.25) is 0 Å². The standard InChI is InChI=1S/C10H14.C8H6O2/c1-2-3-7-10-8-5-4-6-9-10;9-8-7-4-2-1-3-6(7)5-10-8/h4-6,8-9H,2-3,7H2,1H3;1-4H,5H2. The Kier molecular flexibility index (Phi) is 5.36. The van der Waals surface area contributed by atoms with E-state index in [1.165, 1.54) is 24.8 Å². The van der Waals surface area contributed by atoms with Crippen LogP contribution in [0.1, 0.15) is 41.3 Å². The third kappa shape index (κ3) is 3.95. The van der Waals surface area contributed by atoms with Gasteiger partial charge in [0.25, 0.3) is 0 Å². The molecule has 0 fully saturated rings. The van der Waals surface area contributed by atoms with E-state index in [1.807, 2.05) is 18.2 Å². The molecule has 0 unspecified atom stereocenters. The van der Waals surface area contributed by atoms with Crippen molar-refractivity contribution < 1.29 is 9.53 Å². The zero-order chi connectivity index (χ0) is 14.2. The number of carbonyl (C=O) groups excluding carboxylic acids is 1. The van der Waals surface area contributed by atoms with Gasteiger partial charge in [-0.2, -0.15) is 0 Å². The number of fused-ring (bicyclic) bond motifs is 1. The van der Waals surface area contributed by atoms with Gasteiger partial charge in [-0.3, -0.25) is 0 Å². The molecule has 1 aliphatic rings. The summed E-state index contributed by atoms with van der Waals surface area (Å²) in [6.07, 6.45) is 3.83. The summed E-state index contributed by atoms with van der Waals surface area (Å²) in [6, 6.07) is 18.1. The number of rotatable bonds is 3. The van der Waals surface area contributed by atoms with Gasteiger partial charge in [-0.25, -0.2) is 4.79 Å². The molecule has 0 saturated heterocycles. The summed E-state index contributed by atoms with van der Waals surface area (Å²) in [5.74, 6) is -0.199. The molecule has 3 rings (SSSR count). The fourth-order valence-electron chi connectivity index (χ4n) is 2.09. The number of hydrogen-bond acceptors (Lipinski definition) is 2. The van der Waals surface area contributed by atoms with Crippen LogP contribution in [0.4, 0.5) is 0 Å². The molecule has 104 valence electrons. The Bertz CT molecular complexity index is 546. The first-order valence-electron chi connectivity index (χ1n) is 7.10. The second-order valence-corrected chi connectivity index (χ2v) is 4.82. The number of carbonyl (C=O) groups is 1. The van der Waals surface area contributed by atoms with Crippen molar-refractivity contribution in [3.05, 3.63) is 71.3 Å². The minimum atomic E-state index is -0.199. The maximum Gasteiger partial charge on any atom is 0.338 e. The minimum absolute atomic E-state index is 0.199. The molecule has 20 heavy (non-hydrogen) atoms. The monoisotopic (exact) mass is 268 g/mol. The van der Waals surface area contributed by atoms with E-state index in [2.05, 4.69) is 37.3 Å². The molecule has 1 aliphatic heterocycles. The molecular weight excluding hydrogens is 248 g/mol. The van der Waals surface area contributed by atoms with Gasteiger partial charge in [-0.1, -0.05) is 61.9 Å². The highest BCUT2D eigenvalue weighted by Gasteiger charge is 2.18. The molecular formula is C18H20O2. The molecule has 2 nitrogen and oxygen atoms in total. The molecule has 2 aromatic carbocycles.